The predicted molar refractivity (Wildman–Crippen MR) is 72.8 cm³/mol. The summed E-state index contributed by atoms with van der Waals surface area (Å²) in [5.41, 5.74) is 1.04. The third-order valence-electron chi connectivity index (χ3n) is 4.09. The van der Waals surface area contributed by atoms with Crippen LogP contribution in [0.4, 0.5) is 4.79 Å². The molecule has 0 unspecified atom stereocenters. The van der Waals surface area contributed by atoms with Crippen LogP contribution >= 0.6 is 0 Å². The highest BCUT2D eigenvalue weighted by molar-refractivity contribution is 5.68. The molecular formula is C15H20N2O2. The van der Waals surface area contributed by atoms with Crippen molar-refractivity contribution in [3.63, 3.8) is 0 Å². The third-order valence-corrected chi connectivity index (χ3v) is 4.09. The molecule has 3 aliphatic rings. The van der Waals surface area contributed by atoms with Crippen LogP contribution in [0.2, 0.25) is 0 Å². The zero-order valence-electron chi connectivity index (χ0n) is 11.1. The van der Waals surface area contributed by atoms with Gasteiger partial charge in [0.15, 0.2) is 0 Å². The Bertz CT molecular complexity index is 427. The van der Waals surface area contributed by atoms with E-state index in [-0.39, 0.29) is 6.09 Å². The number of fused-ring (bicyclic) bond motifs is 4. The van der Waals surface area contributed by atoms with Crippen molar-refractivity contribution in [2.45, 2.75) is 25.5 Å². The monoisotopic (exact) mass is 260 g/mol. The summed E-state index contributed by atoms with van der Waals surface area (Å²) in [6, 6.07) is 10.2. The van der Waals surface area contributed by atoms with Crippen molar-refractivity contribution in [1.82, 2.24) is 9.80 Å². The van der Waals surface area contributed by atoms with E-state index < -0.39 is 0 Å². The van der Waals surface area contributed by atoms with Gasteiger partial charge in [0.2, 0.25) is 0 Å². The molecule has 3 fully saturated rings. The van der Waals surface area contributed by atoms with E-state index in [0.29, 0.717) is 12.6 Å². The van der Waals surface area contributed by atoms with Gasteiger partial charge in [-0.2, -0.15) is 0 Å². The number of carbonyl (C=O) groups excluding carboxylic acids is 1. The Balaban J connectivity index is 1.58. The molecule has 3 heterocycles. The van der Waals surface area contributed by atoms with E-state index in [0.717, 1.165) is 44.6 Å². The number of nitrogens with zero attached hydrogens (tertiary/aromatic N) is 2. The smallest absolute Gasteiger partial charge is 0.410 e. The lowest BCUT2D eigenvalue weighted by Gasteiger charge is -2.30. The SMILES string of the molecule is O=C(OCc1ccccc1)N1CCN2CCC1CC2. The molecule has 0 N–H and O–H groups in total. The summed E-state index contributed by atoms with van der Waals surface area (Å²) in [6.45, 7) is 4.39. The van der Waals surface area contributed by atoms with Gasteiger partial charge < -0.3 is 14.5 Å². The highest BCUT2D eigenvalue weighted by Crippen LogP contribution is 2.21. The summed E-state index contributed by atoms with van der Waals surface area (Å²) >= 11 is 0. The molecule has 19 heavy (non-hydrogen) atoms. The van der Waals surface area contributed by atoms with Crippen LogP contribution in [0.5, 0.6) is 0 Å². The molecule has 0 spiro atoms. The summed E-state index contributed by atoms with van der Waals surface area (Å²) in [5, 5.41) is 0. The molecule has 1 aromatic carbocycles. The second-order valence-electron chi connectivity index (χ2n) is 5.31. The van der Waals surface area contributed by atoms with Gasteiger partial charge >= 0.3 is 6.09 Å². The second kappa shape index (κ2) is 5.61. The average Bonchev–Trinajstić information content (AvgIpc) is 2.79. The first kappa shape index (κ1) is 12.5. The molecule has 0 atom stereocenters. The molecule has 0 aromatic heterocycles. The van der Waals surface area contributed by atoms with Crippen LogP contribution in [0.1, 0.15) is 18.4 Å². The second-order valence-corrected chi connectivity index (χ2v) is 5.31. The number of piperidine rings is 1. The highest BCUT2D eigenvalue weighted by atomic mass is 16.6. The van der Waals surface area contributed by atoms with Gasteiger partial charge in [-0.15, -0.1) is 0 Å². The predicted octanol–water partition coefficient (Wildman–Crippen LogP) is 2.10. The quantitative estimate of drug-likeness (QED) is 0.816. The van der Waals surface area contributed by atoms with E-state index in [9.17, 15) is 4.79 Å². The molecule has 102 valence electrons. The van der Waals surface area contributed by atoms with Gasteiger partial charge in [-0.25, -0.2) is 4.79 Å². The molecule has 0 radical (unpaired) electrons. The maximum absolute atomic E-state index is 12.2. The number of rotatable bonds is 2. The zero-order valence-corrected chi connectivity index (χ0v) is 11.1. The number of carbonyl (C=O) groups is 1. The van der Waals surface area contributed by atoms with Crippen LogP contribution in [0.15, 0.2) is 30.3 Å². The largest absolute Gasteiger partial charge is 0.445 e. The summed E-state index contributed by atoms with van der Waals surface area (Å²) in [4.78, 5) is 16.6. The van der Waals surface area contributed by atoms with Crippen molar-refractivity contribution in [2.75, 3.05) is 26.2 Å². The van der Waals surface area contributed by atoms with E-state index in [1.54, 1.807) is 0 Å². The first-order valence-electron chi connectivity index (χ1n) is 7.02. The Morgan fingerprint density at radius 2 is 1.84 bits per heavy atom. The minimum Gasteiger partial charge on any atom is -0.445 e. The average molecular weight is 260 g/mol. The van der Waals surface area contributed by atoms with Gasteiger partial charge in [0.25, 0.3) is 0 Å². The number of hydrogen-bond donors (Lipinski definition) is 0. The Kier molecular flexibility index (Phi) is 3.69. The Labute approximate surface area is 113 Å². The fraction of sp³-hybridized carbons (Fsp3) is 0.533. The Morgan fingerprint density at radius 1 is 1.11 bits per heavy atom. The number of hydrogen-bond acceptors (Lipinski definition) is 3. The molecule has 3 saturated heterocycles. The van der Waals surface area contributed by atoms with Crippen LogP contribution in [0.25, 0.3) is 0 Å². The minimum absolute atomic E-state index is 0.155. The van der Waals surface area contributed by atoms with Crippen LogP contribution in [-0.4, -0.2) is 48.1 Å². The van der Waals surface area contributed by atoms with Gasteiger partial charge in [-0.3, -0.25) is 0 Å². The summed E-state index contributed by atoms with van der Waals surface area (Å²) < 4.78 is 5.44. The first-order valence-corrected chi connectivity index (χ1v) is 7.02. The van der Waals surface area contributed by atoms with Crippen LogP contribution in [0.3, 0.4) is 0 Å². The fourth-order valence-corrected chi connectivity index (χ4v) is 2.93. The van der Waals surface area contributed by atoms with E-state index in [4.69, 9.17) is 4.74 Å². The van der Waals surface area contributed by atoms with Crippen LogP contribution in [-0.2, 0) is 11.3 Å². The molecule has 1 amide bonds. The third kappa shape index (κ3) is 2.89. The maximum atomic E-state index is 12.2. The Morgan fingerprint density at radius 3 is 2.58 bits per heavy atom. The lowest BCUT2D eigenvalue weighted by Crippen LogP contribution is -2.41. The summed E-state index contributed by atoms with van der Waals surface area (Å²) in [6.07, 6.45) is 2.01. The van der Waals surface area contributed by atoms with Gasteiger partial charge in [0.1, 0.15) is 6.61 Å². The lowest BCUT2D eigenvalue weighted by molar-refractivity contribution is 0.0815. The molecule has 4 rings (SSSR count). The molecule has 4 nitrogen and oxygen atoms in total. The fourth-order valence-electron chi connectivity index (χ4n) is 2.93. The molecular weight excluding hydrogens is 240 g/mol. The maximum Gasteiger partial charge on any atom is 0.410 e. The molecule has 3 aliphatic heterocycles. The number of benzene rings is 1. The van der Waals surface area contributed by atoms with Gasteiger partial charge in [-0.1, -0.05) is 30.3 Å². The number of ether oxygens (including phenoxy) is 1. The lowest BCUT2D eigenvalue weighted by atomic mass is 10.1. The van der Waals surface area contributed by atoms with Gasteiger partial charge in [0, 0.05) is 32.2 Å². The molecule has 1 aromatic rings. The van der Waals surface area contributed by atoms with E-state index in [1.165, 1.54) is 0 Å². The molecule has 2 bridgehead atoms. The molecule has 4 heteroatoms. The van der Waals surface area contributed by atoms with E-state index >= 15 is 0 Å². The zero-order chi connectivity index (χ0) is 13.1. The summed E-state index contributed by atoms with van der Waals surface area (Å²) in [7, 11) is 0. The van der Waals surface area contributed by atoms with Crippen LogP contribution < -0.4 is 0 Å². The van der Waals surface area contributed by atoms with Crippen molar-refractivity contribution in [3.8, 4) is 0 Å². The van der Waals surface area contributed by atoms with E-state index in [1.807, 2.05) is 35.2 Å². The van der Waals surface area contributed by atoms with Crippen LogP contribution in [0, 0.1) is 0 Å². The number of amides is 1. The normalized spacial score (nSPS) is 26.0. The molecule has 0 aliphatic carbocycles. The van der Waals surface area contributed by atoms with Gasteiger partial charge in [0.05, 0.1) is 0 Å². The first-order chi connectivity index (χ1) is 9.33. The van der Waals surface area contributed by atoms with Crippen molar-refractivity contribution < 1.29 is 9.53 Å². The summed E-state index contributed by atoms with van der Waals surface area (Å²) in [5.74, 6) is 0. The van der Waals surface area contributed by atoms with Crippen molar-refractivity contribution in [1.29, 1.82) is 0 Å². The standard InChI is InChI=1S/C15H20N2O2/c18-15(19-12-13-4-2-1-3-5-13)17-11-10-16-8-6-14(17)7-9-16/h1-5,14H,6-12H2. The van der Waals surface area contributed by atoms with Crippen molar-refractivity contribution >= 4 is 6.09 Å². The van der Waals surface area contributed by atoms with Crippen molar-refractivity contribution in [3.05, 3.63) is 35.9 Å². The topological polar surface area (TPSA) is 32.8 Å². The Hall–Kier alpha value is -1.55. The van der Waals surface area contributed by atoms with Gasteiger partial charge in [-0.05, 0) is 18.4 Å². The van der Waals surface area contributed by atoms with E-state index in [2.05, 4.69) is 4.90 Å². The highest BCUT2D eigenvalue weighted by Gasteiger charge is 2.32. The minimum atomic E-state index is -0.155. The van der Waals surface area contributed by atoms with Crippen molar-refractivity contribution in [2.24, 2.45) is 0 Å². The molecule has 0 saturated carbocycles.